The smallest absolute Gasteiger partial charge is 0.410 e. The molecule has 190 valence electrons. The minimum absolute atomic E-state index is 0.129. The highest BCUT2D eigenvalue weighted by Crippen LogP contribution is 2.33. The Bertz CT molecular complexity index is 1460. The fourth-order valence-electron chi connectivity index (χ4n) is 3.98. The summed E-state index contributed by atoms with van der Waals surface area (Å²) >= 11 is 0. The summed E-state index contributed by atoms with van der Waals surface area (Å²) in [5, 5.41) is 0.505. The third-order valence-electron chi connectivity index (χ3n) is 5.82. The molecule has 1 amide bonds. The summed E-state index contributed by atoms with van der Waals surface area (Å²) in [5.41, 5.74) is 2.23. The van der Waals surface area contributed by atoms with Gasteiger partial charge in [0.15, 0.2) is 5.65 Å². The van der Waals surface area contributed by atoms with Gasteiger partial charge in [0.2, 0.25) is 0 Å². The topological polar surface area (TPSA) is 108 Å². The first kappa shape index (κ1) is 25.4. The van der Waals surface area contributed by atoms with Crippen LogP contribution in [0.4, 0.5) is 4.79 Å². The maximum atomic E-state index is 13.5. The van der Waals surface area contributed by atoms with Crippen LogP contribution in [0.5, 0.6) is 0 Å². The van der Waals surface area contributed by atoms with Crippen molar-refractivity contribution in [2.24, 2.45) is 0 Å². The molecular weight excluding hydrogens is 482 g/mol. The first-order valence-corrected chi connectivity index (χ1v) is 12.9. The molecule has 3 heterocycles. The number of nitrogens with zero attached hydrogens (tertiary/aromatic N) is 3. The summed E-state index contributed by atoms with van der Waals surface area (Å²) in [5.74, 6) is -0.571. The number of pyridine rings is 1. The third-order valence-corrected chi connectivity index (χ3v) is 7.48. The summed E-state index contributed by atoms with van der Waals surface area (Å²) < 4.78 is 38.5. The van der Waals surface area contributed by atoms with E-state index < -0.39 is 27.7 Å². The Hall–Kier alpha value is -3.66. The second kappa shape index (κ2) is 9.42. The lowest BCUT2D eigenvalue weighted by molar-refractivity contribution is 0.0270. The molecule has 0 radical (unpaired) electrons. The second-order valence-electron chi connectivity index (χ2n) is 9.65. The lowest BCUT2D eigenvalue weighted by Crippen LogP contribution is -2.39. The highest BCUT2D eigenvalue weighted by molar-refractivity contribution is 7.90. The number of carbonyl (C=O) groups is 2. The minimum Gasteiger partial charge on any atom is -0.465 e. The molecule has 0 saturated carbocycles. The summed E-state index contributed by atoms with van der Waals surface area (Å²) in [4.78, 5) is 30.7. The summed E-state index contributed by atoms with van der Waals surface area (Å²) in [6, 6.07) is 8.16. The van der Waals surface area contributed by atoms with Gasteiger partial charge in [-0.25, -0.2) is 27.0 Å². The first-order valence-electron chi connectivity index (χ1n) is 11.5. The molecule has 0 spiro atoms. The zero-order valence-electron chi connectivity index (χ0n) is 20.9. The van der Waals surface area contributed by atoms with Crippen LogP contribution < -0.4 is 0 Å². The average Bonchev–Trinajstić information content (AvgIpc) is 3.22. The zero-order chi connectivity index (χ0) is 26.3. The highest BCUT2D eigenvalue weighted by atomic mass is 32.2. The zero-order valence-corrected chi connectivity index (χ0v) is 21.8. The minimum atomic E-state index is -3.96. The molecule has 1 aliphatic rings. The number of esters is 1. The van der Waals surface area contributed by atoms with Crippen LogP contribution in [-0.4, -0.2) is 60.1 Å². The van der Waals surface area contributed by atoms with Gasteiger partial charge in [-0.15, -0.1) is 0 Å². The van der Waals surface area contributed by atoms with Crippen LogP contribution in [0.1, 0.15) is 48.7 Å². The van der Waals surface area contributed by atoms with Crippen molar-refractivity contribution in [2.45, 2.75) is 44.6 Å². The molecule has 0 fully saturated rings. The number of benzene rings is 1. The Balaban J connectivity index is 1.79. The number of aromatic nitrogens is 2. The maximum Gasteiger partial charge on any atom is 0.410 e. The van der Waals surface area contributed by atoms with E-state index in [0.29, 0.717) is 30.5 Å². The quantitative estimate of drug-likeness (QED) is 0.478. The van der Waals surface area contributed by atoms with Gasteiger partial charge in [0.1, 0.15) is 5.60 Å². The van der Waals surface area contributed by atoms with Gasteiger partial charge >= 0.3 is 12.1 Å². The Morgan fingerprint density at radius 1 is 1.11 bits per heavy atom. The van der Waals surface area contributed by atoms with Crippen LogP contribution in [0.2, 0.25) is 0 Å². The van der Waals surface area contributed by atoms with Gasteiger partial charge in [0.05, 0.1) is 17.6 Å². The van der Waals surface area contributed by atoms with E-state index in [9.17, 15) is 18.0 Å². The molecule has 2 aromatic heterocycles. The van der Waals surface area contributed by atoms with Crippen molar-refractivity contribution in [1.29, 1.82) is 0 Å². The largest absolute Gasteiger partial charge is 0.465 e. The van der Waals surface area contributed by atoms with Crippen LogP contribution in [0.15, 0.2) is 53.7 Å². The van der Waals surface area contributed by atoms with Gasteiger partial charge < -0.3 is 14.4 Å². The van der Waals surface area contributed by atoms with Crippen molar-refractivity contribution in [3.05, 3.63) is 65.5 Å². The Morgan fingerprint density at radius 2 is 1.81 bits per heavy atom. The van der Waals surface area contributed by atoms with Crippen LogP contribution in [-0.2, 0) is 19.5 Å². The molecule has 1 aliphatic heterocycles. The summed E-state index contributed by atoms with van der Waals surface area (Å²) in [6.07, 6.45) is 4.78. The van der Waals surface area contributed by atoms with Gasteiger partial charge in [0, 0.05) is 36.4 Å². The van der Waals surface area contributed by atoms with E-state index >= 15 is 0 Å². The number of aryl methyl sites for hydroxylation is 1. The Kier molecular flexibility index (Phi) is 6.66. The molecule has 4 rings (SSSR count). The Morgan fingerprint density at radius 3 is 2.39 bits per heavy atom. The molecule has 0 unspecified atom stereocenters. The molecule has 0 bridgehead atoms. The number of carbonyl (C=O) groups excluding carboxylic acids is 2. The van der Waals surface area contributed by atoms with Crippen molar-refractivity contribution in [2.75, 3.05) is 20.2 Å². The fourth-order valence-corrected chi connectivity index (χ4v) is 5.30. The average molecular weight is 512 g/mol. The second-order valence-corrected chi connectivity index (χ2v) is 11.5. The first-order chi connectivity index (χ1) is 16.9. The predicted octanol–water partition coefficient (Wildman–Crippen LogP) is 4.39. The summed E-state index contributed by atoms with van der Waals surface area (Å²) in [6.45, 7) is 8.03. The van der Waals surface area contributed by atoms with E-state index in [-0.39, 0.29) is 16.1 Å². The van der Waals surface area contributed by atoms with Crippen molar-refractivity contribution in [1.82, 2.24) is 13.9 Å². The number of rotatable bonds is 4. The van der Waals surface area contributed by atoms with E-state index in [1.165, 1.54) is 19.5 Å². The number of hydrogen-bond donors (Lipinski definition) is 0. The molecular formula is C26H29N3O6S. The van der Waals surface area contributed by atoms with Crippen molar-refractivity contribution >= 4 is 38.7 Å². The van der Waals surface area contributed by atoms with Crippen LogP contribution >= 0.6 is 0 Å². The third kappa shape index (κ3) is 4.99. The number of ether oxygens (including phenoxy) is 2. The van der Waals surface area contributed by atoms with Crippen molar-refractivity contribution < 1.29 is 27.5 Å². The van der Waals surface area contributed by atoms with E-state index in [1.807, 2.05) is 33.8 Å². The lowest BCUT2D eigenvalue weighted by Gasteiger charge is -2.29. The van der Waals surface area contributed by atoms with Crippen LogP contribution in [0.25, 0.3) is 16.6 Å². The lowest BCUT2D eigenvalue weighted by atomic mass is 9.99. The molecule has 1 aromatic carbocycles. The molecule has 3 aromatic rings. The standard InChI is InChI=1S/C26H29N3O6S/c1-17-6-8-20(9-7-17)36(32,33)29-16-22(21-14-19(24(30)34-5)15-27-23(21)29)18-10-12-28(13-11-18)25(31)35-26(2,3)4/h6-10,14-16H,11-13H2,1-5H3. The predicted molar refractivity (Wildman–Crippen MR) is 135 cm³/mol. The maximum absolute atomic E-state index is 13.5. The molecule has 9 nitrogen and oxygen atoms in total. The number of hydrogen-bond acceptors (Lipinski definition) is 7. The van der Waals surface area contributed by atoms with E-state index in [1.54, 1.807) is 35.2 Å². The highest BCUT2D eigenvalue weighted by Gasteiger charge is 2.28. The number of fused-ring (bicyclic) bond motifs is 1. The van der Waals surface area contributed by atoms with E-state index in [0.717, 1.165) is 15.1 Å². The molecule has 0 aliphatic carbocycles. The SMILES string of the molecule is COC(=O)c1cnc2c(c1)c(C1=CCN(C(=O)OC(C)(C)C)CC1)cn2S(=O)(=O)c1ccc(C)cc1. The monoisotopic (exact) mass is 511 g/mol. The van der Waals surface area contributed by atoms with Crippen LogP contribution in [0.3, 0.4) is 0 Å². The van der Waals surface area contributed by atoms with E-state index in [4.69, 9.17) is 9.47 Å². The van der Waals surface area contributed by atoms with Gasteiger partial charge in [0.25, 0.3) is 10.0 Å². The van der Waals surface area contributed by atoms with E-state index in [2.05, 4.69) is 4.98 Å². The summed E-state index contributed by atoms with van der Waals surface area (Å²) in [7, 11) is -2.68. The normalized spacial score (nSPS) is 14.5. The van der Waals surface area contributed by atoms with Gasteiger partial charge in [-0.1, -0.05) is 23.8 Å². The van der Waals surface area contributed by atoms with Crippen molar-refractivity contribution in [3.63, 3.8) is 0 Å². The van der Waals surface area contributed by atoms with Crippen molar-refractivity contribution in [3.8, 4) is 0 Å². The molecule has 36 heavy (non-hydrogen) atoms. The van der Waals surface area contributed by atoms with Gasteiger partial charge in [-0.2, -0.15) is 0 Å². The molecule has 0 saturated heterocycles. The van der Waals surface area contributed by atoms with Gasteiger partial charge in [-0.05, 0) is 57.9 Å². The van der Waals surface area contributed by atoms with Crippen LogP contribution in [0, 0.1) is 6.92 Å². The van der Waals surface area contributed by atoms with Gasteiger partial charge in [-0.3, -0.25) is 0 Å². The molecule has 10 heteroatoms. The fraction of sp³-hybridized carbons (Fsp3) is 0.346. The Labute approximate surface area is 210 Å². The molecule has 0 N–H and O–H groups in total. The number of methoxy groups -OCH3 is 1. The number of amides is 1. The molecule has 0 atom stereocenters.